The first-order valence-electron chi connectivity index (χ1n) is 6.89. The third-order valence-corrected chi connectivity index (χ3v) is 5.31. The number of sulfonamides is 1. The monoisotopic (exact) mass is 349 g/mol. The first-order valence-corrected chi connectivity index (χ1v) is 8.33. The van der Waals surface area contributed by atoms with Crippen LogP contribution in [-0.2, 0) is 10.0 Å². The van der Waals surface area contributed by atoms with Crippen molar-refractivity contribution in [3.63, 3.8) is 0 Å². The van der Waals surface area contributed by atoms with Crippen LogP contribution in [0.5, 0.6) is 5.75 Å². The molecular formula is C14H15N5O4S. The molecule has 0 spiro atoms. The van der Waals surface area contributed by atoms with Crippen molar-refractivity contribution >= 4 is 21.2 Å². The molecule has 0 saturated carbocycles. The lowest BCUT2D eigenvalue weighted by Crippen LogP contribution is -2.22. The number of benzene rings is 1. The molecule has 9 nitrogen and oxygen atoms in total. The molecule has 3 aromatic rings. The van der Waals surface area contributed by atoms with Gasteiger partial charge in [-0.1, -0.05) is 0 Å². The Labute approximate surface area is 137 Å². The van der Waals surface area contributed by atoms with Crippen LogP contribution in [0.2, 0.25) is 0 Å². The van der Waals surface area contributed by atoms with E-state index in [1.165, 1.54) is 39.7 Å². The van der Waals surface area contributed by atoms with Crippen LogP contribution in [0.15, 0.2) is 34.2 Å². The van der Waals surface area contributed by atoms with Gasteiger partial charge >= 0.3 is 0 Å². The largest absolute Gasteiger partial charge is 0.496 e. The zero-order valence-electron chi connectivity index (χ0n) is 13.2. The molecule has 0 aliphatic rings. The molecule has 2 aromatic heterocycles. The Morgan fingerprint density at radius 1 is 1.25 bits per heavy atom. The van der Waals surface area contributed by atoms with Crippen LogP contribution in [0.25, 0.3) is 22.6 Å². The third kappa shape index (κ3) is 2.55. The summed E-state index contributed by atoms with van der Waals surface area (Å²) in [4.78, 5) is 25.4. The maximum Gasteiger partial charge on any atom is 0.276 e. The molecule has 0 unspecified atom stereocenters. The SMILES string of the molecule is COc1cc(S(=O)(=O)N(C)C)ccc1-c1nc2nc[nH]c(=O)c2[nH]1. The van der Waals surface area contributed by atoms with E-state index in [4.69, 9.17) is 4.74 Å². The standard InChI is InChI=1S/C14H15N5O4S/c1-19(2)24(21,22)8-4-5-9(10(6-8)23-3)12-17-11-13(18-12)15-7-16-14(11)20/h4-7H,1-3H3,(H2,15,16,17,18,20). The minimum Gasteiger partial charge on any atom is -0.496 e. The normalized spacial score (nSPS) is 12.0. The van der Waals surface area contributed by atoms with Gasteiger partial charge in [0.2, 0.25) is 10.0 Å². The van der Waals surface area contributed by atoms with Crippen molar-refractivity contribution in [2.45, 2.75) is 4.90 Å². The van der Waals surface area contributed by atoms with Gasteiger partial charge in [0, 0.05) is 20.2 Å². The van der Waals surface area contributed by atoms with E-state index in [1.54, 1.807) is 6.07 Å². The number of imidazole rings is 1. The molecule has 0 aliphatic heterocycles. The van der Waals surface area contributed by atoms with Crippen molar-refractivity contribution in [2.24, 2.45) is 0 Å². The maximum absolute atomic E-state index is 12.2. The van der Waals surface area contributed by atoms with Gasteiger partial charge in [0.05, 0.1) is 23.9 Å². The van der Waals surface area contributed by atoms with Crippen molar-refractivity contribution < 1.29 is 13.2 Å². The van der Waals surface area contributed by atoms with Crippen molar-refractivity contribution in [1.82, 2.24) is 24.2 Å². The second-order valence-electron chi connectivity index (χ2n) is 5.17. The number of H-pyrrole nitrogens is 2. The molecule has 0 amide bonds. The van der Waals surface area contributed by atoms with Crippen LogP contribution in [0.4, 0.5) is 0 Å². The summed E-state index contributed by atoms with van der Waals surface area (Å²) in [6.07, 6.45) is 1.26. The summed E-state index contributed by atoms with van der Waals surface area (Å²) >= 11 is 0. The zero-order chi connectivity index (χ0) is 17.5. The molecule has 2 N–H and O–H groups in total. The number of aromatic amines is 2. The summed E-state index contributed by atoms with van der Waals surface area (Å²) < 4.78 is 30.9. The predicted octanol–water partition coefficient (Wildman–Crippen LogP) is 0.572. The highest BCUT2D eigenvalue weighted by molar-refractivity contribution is 7.89. The highest BCUT2D eigenvalue weighted by atomic mass is 32.2. The van der Waals surface area contributed by atoms with E-state index in [0.717, 1.165) is 4.31 Å². The number of aromatic nitrogens is 4. The van der Waals surface area contributed by atoms with Crippen molar-refractivity contribution in [1.29, 1.82) is 0 Å². The van der Waals surface area contributed by atoms with Gasteiger partial charge in [0.15, 0.2) is 11.2 Å². The topological polar surface area (TPSA) is 121 Å². The number of hydrogen-bond donors (Lipinski definition) is 2. The highest BCUT2D eigenvalue weighted by Crippen LogP contribution is 2.31. The summed E-state index contributed by atoms with van der Waals surface area (Å²) in [5.74, 6) is 0.674. The highest BCUT2D eigenvalue weighted by Gasteiger charge is 2.21. The number of nitrogens with one attached hydrogen (secondary N) is 2. The second kappa shape index (κ2) is 5.73. The average Bonchev–Trinajstić information content (AvgIpc) is 2.99. The lowest BCUT2D eigenvalue weighted by molar-refractivity contribution is 0.414. The fourth-order valence-corrected chi connectivity index (χ4v) is 3.12. The molecule has 3 rings (SSSR count). The molecule has 0 aliphatic carbocycles. The van der Waals surface area contributed by atoms with Crippen LogP contribution < -0.4 is 10.3 Å². The van der Waals surface area contributed by atoms with E-state index in [-0.39, 0.29) is 21.6 Å². The number of hydrogen-bond acceptors (Lipinski definition) is 6. The Morgan fingerprint density at radius 2 is 2.00 bits per heavy atom. The number of rotatable bonds is 4. The van der Waals surface area contributed by atoms with Gasteiger partial charge in [-0.3, -0.25) is 4.79 Å². The molecule has 10 heteroatoms. The molecular weight excluding hydrogens is 334 g/mol. The van der Waals surface area contributed by atoms with Crippen molar-refractivity contribution in [3.05, 3.63) is 34.9 Å². The van der Waals surface area contributed by atoms with Gasteiger partial charge in [0.25, 0.3) is 5.56 Å². The first kappa shape index (κ1) is 16.1. The fraction of sp³-hybridized carbons (Fsp3) is 0.214. The molecule has 0 fully saturated rings. The van der Waals surface area contributed by atoms with Gasteiger partial charge < -0.3 is 14.7 Å². The van der Waals surface area contributed by atoms with Crippen LogP contribution in [-0.4, -0.2) is 53.9 Å². The molecule has 126 valence electrons. The lowest BCUT2D eigenvalue weighted by atomic mass is 10.2. The summed E-state index contributed by atoms with van der Waals surface area (Å²) in [6.45, 7) is 0. The van der Waals surface area contributed by atoms with Gasteiger partial charge in [-0.25, -0.2) is 22.7 Å². The van der Waals surface area contributed by atoms with E-state index in [9.17, 15) is 13.2 Å². The maximum atomic E-state index is 12.2. The van der Waals surface area contributed by atoms with Crippen LogP contribution in [0.1, 0.15) is 0 Å². The van der Waals surface area contributed by atoms with Crippen LogP contribution in [0.3, 0.4) is 0 Å². The van der Waals surface area contributed by atoms with E-state index in [2.05, 4.69) is 19.9 Å². The van der Waals surface area contributed by atoms with Crippen molar-refractivity contribution in [3.8, 4) is 17.1 Å². The second-order valence-corrected chi connectivity index (χ2v) is 7.32. The summed E-state index contributed by atoms with van der Waals surface area (Å²) in [6, 6.07) is 4.44. The van der Waals surface area contributed by atoms with Gasteiger partial charge in [0.1, 0.15) is 11.6 Å². The van der Waals surface area contributed by atoms with E-state index < -0.39 is 10.0 Å². The number of methoxy groups -OCH3 is 1. The van der Waals surface area contributed by atoms with Crippen LogP contribution in [0, 0.1) is 0 Å². The van der Waals surface area contributed by atoms with Gasteiger partial charge in [-0.2, -0.15) is 0 Å². The number of ether oxygens (including phenoxy) is 1. The molecule has 0 radical (unpaired) electrons. The molecule has 0 bridgehead atoms. The fourth-order valence-electron chi connectivity index (χ4n) is 2.21. The summed E-state index contributed by atoms with van der Waals surface area (Å²) in [5.41, 5.74) is 0.678. The van der Waals surface area contributed by atoms with Crippen LogP contribution >= 0.6 is 0 Å². The molecule has 0 saturated heterocycles. The average molecular weight is 349 g/mol. The zero-order valence-corrected chi connectivity index (χ0v) is 14.0. The minimum atomic E-state index is -3.58. The quantitative estimate of drug-likeness (QED) is 0.710. The molecule has 24 heavy (non-hydrogen) atoms. The van der Waals surface area contributed by atoms with E-state index in [0.29, 0.717) is 17.1 Å². The van der Waals surface area contributed by atoms with Crippen molar-refractivity contribution in [2.75, 3.05) is 21.2 Å². The Hall–Kier alpha value is -2.72. The Balaban J connectivity index is 2.17. The Morgan fingerprint density at radius 3 is 2.62 bits per heavy atom. The van der Waals surface area contributed by atoms with E-state index in [1.807, 2.05) is 0 Å². The first-order chi connectivity index (χ1) is 11.3. The van der Waals surface area contributed by atoms with E-state index >= 15 is 0 Å². The van der Waals surface area contributed by atoms with Gasteiger partial charge in [-0.15, -0.1) is 0 Å². The smallest absolute Gasteiger partial charge is 0.276 e. The Bertz CT molecular complexity index is 1070. The Kier molecular flexibility index (Phi) is 3.85. The number of nitrogens with zero attached hydrogens (tertiary/aromatic N) is 3. The minimum absolute atomic E-state index is 0.0974. The third-order valence-electron chi connectivity index (χ3n) is 3.50. The van der Waals surface area contributed by atoms with Gasteiger partial charge in [-0.05, 0) is 12.1 Å². The lowest BCUT2D eigenvalue weighted by Gasteiger charge is -2.13. The molecule has 0 atom stereocenters. The number of fused-ring (bicyclic) bond motifs is 1. The molecule has 2 heterocycles. The summed E-state index contributed by atoms with van der Waals surface area (Å²) in [7, 11) is 0.747. The molecule has 1 aromatic carbocycles. The predicted molar refractivity (Wildman–Crippen MR) is 87.4 cm³/mol. The summed E-state index contributed by atoms with van der Waals surface area (Å²) in [5, 5.41) is 0.